The molecular formula is C19H18BrN3O3S. The number of aromatic nitrogens is 3. The number of rotatable bonds is 6. The van der Waals surface area contributed by atoms with Crippen molar-refractivity contribution in [2.45, 2.75) is 18.1 Å². The van der Waals surface area contributed by atoms with Crippen molar-refractivity contribution in [3.05, 3.63) is 70.7 Å². The number of phenols is 1. The molecule has 0 spiro atoms. The molecule has 4 aromatic rings. The van der Waals surface area contributed by atoms with Gasteiger partial charge in [-0.1, -0.05) is 0 Å². The van der Waals surface area contributed by atoms with E-state index < -0.39 is 10.8 Å². The second kappa shape index (κ2) is 7.36. The first-order chi connectivity index (χ1) is 13.0. The number of hydrogen-bond acceptors (Lipinski definition) is 4. The minimum Gasteiger partial charge on any atom is -0.506 e. The van der Waals surface area contributed by atoms with E-state index >= 15 is 0 Å². The highest BCUT2D eigenvalue weighted by molar-refractivity contribution is 9.10. The zero-order chi connectivity index (χ0) is 19.0. The van der Waals surface area contributed by atoms with Crippen LogP contribution < -0.4 is 0 Å². The zero-order valence-electron chi connectivity index (χ0n) is 14.6. The largest absolute Gasteiger partial charge is 0.506 e. The number of benzene rings is 1. The first-order valence-corrected chi connectivity index (χ1v) is 10.6. The molecule has 8 heteroatoms. The highest BCUT2D eigenvalue weighted by atomic mass is 79.9. The number of aromatic hydroxyl groups is 1. The lowest BCUT2D eigenvalue weighted by Gasteiger charge is -2.10. The van der Waals surface area contributed by atoms with Crippen LogP contribution in [0.15, 0.2) is 58.1 Å². The lowest BCUT2D eigenvalue weighted by Crippen LogP contribution is -2.03. The van der Waals surface area contributed by atoms with E-state index in [0.717, 1.165) is 22.2 Å². The fourth-order valence-electron chi connectivity index (χ4n) is 3.18. The van der Waals surface area contributed by atoms with Crippen LogP contribution in [0.1, 0.15) is 17.0 Å². The third kappa shape index (κ3) is 3.59. The molecule has 0 saturated heterocycles. The van der Waals surface area contributed by atoms with Gasteiger partial charge in [0.1, 0.15) is 11.5 Å². The molecule has 1 aromatic carbocycles. The van der Waals surface area contributed by atoms with E-state index in [1.807, 2.05) is 40.6 Å². The number of furan rings is 1. The molecule has 140 valence electrons. The quantitative estimate of drug-likeness (QED) is 0.485. The van der Waals surface area contributed by atoms with Gasteiger partial charge in [-0.3, -0.25) is 4.21 Å². The van der Waals surface area contributed by atoms with Crippen molar-refractivity contribution in [2.75, 3.05) is 0 Å². The smallest absolute Gasteiger partial charge is 0.135 e. The molecule has 27 heavy (non-hydrogen) atoms. The molecule has 4 rings (SSSR count). The fourth-order valence-corrected chi connectivity index (χ4v) is 4.83. The van der Waals surface area contributed by atoms with E-state index in [-0.39, 0.29) is 5.75 Å². The van der Waals surface area contributed by atoms with Crippen molar-refractivity contribution in [1.29, 1.82) is 0 Å². The molecule has 3 heterocycles. The molecule has 0 fully saturated rings. The van der Waals surface area contributed by atoms with Gasteiger partial charge >= 0.3 is 0 Å². The number of fused-ring (bicyclic) bond motifs is 1. The highest BCUT2D eigenvalue weighted by Gasteiger charge is 2.18. The van der Waals surface area contributed by atoms with Crippen LogP contribution in [0.4, 0.5) is 0 Å². The lowest BCUT2D eigenvalue weighted by molar-refractivity contribution is 0.464. The Morgan fingerprint density at radius 2 is 2.19 bits per heavy atom. The summed E-state index contributed by atoms with van der Waals surface area (Å²) >= 11 is 3.44. The maximum Gasteiger partial charge on any atom is 0.135 e. The van der Waals surface area contributed by atoms with Gasteiger partial charge in [-0.05, 0) is 40.2 Å². The molecule has 0 bridgehead atoms. The number of aryl methyl sites for hydroxylation is 1. The van der Waals surface area contributed by atoms with E-state index in [0.29, 0.717) is 28.3 Å². The van der Waals surface area contributed by atoms with Crippen LogP contribution >= 0.6 is 15.9 Å². The van der Waals surface area contributed by atoms with Crippen molar-refractivity contribution in [3.63, 3.8) is 0 Å². The van der Waals surface area contributed by atoms with Crippen LogP contribution in [0.25, 0.3) is 10.9 Å². The van der Waals surface area contributed by atoms with Crippen LogP contribution in [0, 0.1) is 0 Å². The van der Waals surface area contributed by atoms with Crippen LogP contribution in [0.2, 0.25) is 0 Å². The molecular weight excluding hydrogens is 430 g/mol. The van der Waals surface area contributed by atoms with Gasteiger partial charge in [0.05, 0.1) is 35.1 Å². The first kappa shape index (κ1) is 18.1. The Morgan fingerprint density at radius 3 is 2.89 bits per heavy atom. The topological polar surface area (TPSA) is 73.2 Å². The van der Waals surface area contributed by atoms with E-state index in [4.69, 9.17) is 4.42 Å². The average molecular weight is 448 g/mol. The monoisotopic (exact) mass is 447 g/mol. The van der Waals surface area contributed by atoms with Gasteiger partial charge in [0.2, 0.25) is 0 Å². The molecule has 0 saturated carbocycles. The maximum atomic E-state index is 12.6. The molecule has 0 aliphatic carbocycles. The Hall–Kier alpha value is -2.32. The van der Waals surface area contributed by atoms with Crippen LogP contribution in [-0.4, -0.2) is 23.4 Å². The normalized spacial score (nSPS) is 12.7. The summed E-state index contributed by atoms with van der Waals surface area (Å²) in [5, 5.41) is 11.5. The number of nitrogens with zero attached hydrogens (tertiary/aromatic N) is 3. The van der Waals surface area contributed by atoms with Crippen molar-refractivity contribution in [1.82, 2.24) is 14.1 Å². The number of imidazole rings is 1. The Morgan fingerprint density at radius 1 is 1.33 bits per heavy atom. The Bertz CT molecular complexity index is 1100. The summed E-state index contributed by atoms with van der Waals surface area (Å²) in [6.45, 7) is 0.501. The molecule has 1 N–H and O–H groups in total. The minimum absolute atomic E-state index is 0.213. The van der Waals surface area contributed by atoms with E-state index in [2.05, 4.69) is 20.9 Å². The Kier molecular flexibility index (Phi) is 4.92. The van der Waals surface area contributed by atoms with Gasteiger partial charge in [0.25, 0.3) is 0 Å². The lowest BCUT2D eigenvalue weighted by atomic mass is 10.1. The van der Waals surface area contributed by atoms with Crippen LogP contribution in [-0.2, 0) is 35.9 Å². The van der Waals surface area contributed by atoms with Gasteiger partial charge in [-0.15, -0.1) is 0 Å². The van der Waals surface area contributed by atoms with Crippen molar-refractivity contribution in [3.8, 4) is 5.75 Å². The van der Waals surface area contributed by atoms with Gasteiger partial charge in [-0.25, -0.2) is 4.98 Å². The number of hydrogen-bond donors (Lipinski definition) is 1. The second-order valence-electron chi connectivity index (χ2n) is 6.36. The fraction of sp³-hybridized carbons (Fsp3) is 0.211. The summed E-state index contributed by atoms with van der Waals surface area (Å²) < 4.78 is 22.4. The maximum absolute atomic E-state index is 12.6. The standard InChI is InChI=1S/C19H18BrN3O3S/c1-22-13(10-27(25)11-14-3-2-6-26-14)7-15-16(9-23-5-4-21-12-23)19(24)17(20)8-18(15)22/h2-8,12,24H,9-11H2,1H3. The SMILES string of the molecule is Cn1c(CS(=O)Cc2ccco2)cc2c(Cn3ccnc3)c(O)c(Br)cc21. The zero-order valence-corrected chi connectivity index (χ0v) is 17.0. The minimum atomic E-state index is -1.09. The summed E-state index contributed by atoms with van der Waals surface area (Å²) in [5.41, 5.74) is 2.72. The molecule has 3 aromatic heterocycles. The first-order valence-electron chi connectivity index (χ1n) is 8.34. The van der Waals surface area contributed by atoms with Crippen LogP contribution in [0.3, 0.4) is 0 Å². The van der Waals surface area contributed by atoms with Gasteiger partial charge in [0.15, 0.2) is 0 Å². The molecule has 1 unspecified atom stereocenters. The van der Waals surface area contributed by atoms with Crippen molar-refractivity contribution >= 4 is 37.6 Å². The summed E-state index contributed by atoms with van der Waals surface area (Å²) in [6, 6.07) is 7.53. The molecule has 6 nitrogen and oxygen atoms in total. The molecule has 0 radical (unpaired) electrons. The van der Waals surface area contributed by atoms with Gasteiger partial charge < -0.3 is 18.7 Å². The Labute approximate surface area is 167 Å². The molecule has 0 amide bonds. The summed E-state index contributed by atoms with van der Waals surface area (Å²) in [7, 11) is 0.860. The molecule has 0 aliphatic heterocycles. The van der Waals surface area contributed by atoms with Gasteiger partial charge in [-0.2, -0.15) is 0 Å². The van der Waals surface area contributed by atoms with E-state index in [1.54, 1.807) is 24.9 Å². The Balaban J connectivity index is 1.70. The number of phenolic OH excluding ortho intramolecular Hbond substituents is 1. The van der Waals surface area contributed by atoms with E-state index in [1.165, 1.54) is 0 Å². The summed E-state index contributed by atoms with van der Waals surface area (Å²) in [4.78, 5) is 4.06. The summed E-state index contributed by atoms with van der Waals surface area (Å²) in [5.74, 6) is 1.72. The predicted molar refractivity (Wildman–Crippen MR) is 108 cm³/mol. The third-order valence-corrected chi connectivity index (χ3v) is 6.40. The van der Waals surface area contributed by atoms with Gasteiger partial charge in [0, 0.05) is 52.4 Å². The summed E-state index contributed by atoms with van der Waals surface area (Å²) in [6.07, 6.45) is 6.87. The second-order valence-corrected chi connectivity index (χ2v) is 8.67. The highest BCUT2D eigenvalue weighted by Crippen LogP contribution is 2.37. The predicted octanol–water partition coefficient (Wildman–Crippen LogP) is 3.93. The third-order valence-electron chi connectivity index (χ3n) is 4.57. The van der Waals surface area contributed by atoms with Crippen molar-refractivity contribution in [2.24, 2.45) is 7.05 Å². The van der Waals surface area contributed by atoms with Crippen LogP contribution in [0.5, 0.6) is 5.75 Å². The number of halogens is 1. The average Bonchev–Trinajstić information content (AvgIpc) is 3.37. The molecule has 0 aliphatic rings. The van der Waals surface area contributed by atoms with Crippen molar-refractivity contribution < 1.29 is 13.7 Å². The van der Waals surface area contributed by atoms with E-state index in [9.17, 15) is 9.32 Å². The molecule has 1 atom stereocenters.